The molecule has 57 heavy (non-hydrogen) atoms. The van der Waals surface area contributed by atoms with Gasteiger partial charge in [-0.05, 0) is 110 Å². The van der Waals surface area contributed by atoms with Crippen molar-refractivity contribution in [2.45, 2.75) is 24.9 Å². The second-order valence-electron chi connectivity index (χ2n) is 12.4. The van der Waals surface area contributed by atoms with E-state index in [1.54, 1.807) is 35.7 Å². The van der Waals surface area contributed by atoms with Gasteiger partial charge in [-0.15, -0.1) is 11.8 Å². The van der Waals surface area contributed by atoms with Crippen LogP contribution >= 0.6 is 89.7 Å². The summed E-state index contributed by atoms with van der Waals surface area (Å²) >= 11 is 14.4. The fourth-order valence-electron chi connectivity index (χ4n) is 5.48. The highest BCUT2D eigenvalue weighted by Crippen LogP contribution is 2.47. The summed E-state index contributed by atoms with van der Waals surface area (Å²) in [5, 5.41) is 16.1. The number of hydrogen-bond acceptors (Lipinski definition) is 9. The van der Waals surface area contributed by atoms with Crippen molar-refractivity contribution in [2.75, 3.05) is 36.5 Å². The number of nitro groups is 1. The molecule has 6 rings (SSSR count). The van der Waals surface area contributed by atoms with Gasteiger partial charge in [-0.3, -0.25) is 10.1 Å². The van der Waals surface area contributed by atoms with Gasteiger partial charge >= 0.3 is 0 Å². The zero-order valence-corrected chi connectivity index (χ0v) is 38.5. The third-order valence-electron chi connectivity index (χ3n) is 8.20. The van der Waals surface area contributed by atoms with Crippen LogP contribution in [0.2, 0.25) is 0 Å². The van der Waals surface area contributed by atoms with E-state index in [1.165, 1.54) is 22.2 Å². The summed E-state index contributed by atoms with van der Waals surface area (Å²) in [6, 6.07) is 37.4. The van der Waals surface area contributed by atoms with Crippen molar-refractivity contribution in [3.63, 3.8) is 0 Å². The SMILES string of the molecule is Cc1ccc(NCCOc2ccc(Br)cc2)c(SC(I)/C=C/C=C(/C=C/C=C2\Sc3cc([N+](=O)[O-])ccc3N2CCOc2ccc(Br)cc2)Sc2ccccc2)c1. The van der Waals surface area contributed by atoms with Crippen LogP contribution in [0, 0.1) is 17.0 Å². The first kappa shape index (κ1) is 43.0. The van der Waals surface area contributed by atoms with Crippen LogP contribution in [0.3, 0.4) is 0 Å². The second-order valence-corrected chi connectivity index (χ2v) is 19.8. The lowest BCUT2D eigenvalue weighted by Gasteiger charge is -2.20. The molecule has 13 heteroatoms. The van der Waals surface area contributed by atoms with Crippen LogP contribution in [-0.4, -0.2) is 34.5 Å². The Bertz CT molecular complexity index is 2260. The number of alkyl halides is 1. The third-order valence-corrected chi connectivity index (χ3v) is 13.5. The minimum Gasteiger partial charge on any atom is -0.492 e. The van der Waals surface area contributed by atoms with Crippen LogP contribution in [0.1, 0.15) is 5.56 Å². The molecule has 5 aromatic rings. The Kier molecular flexibility index (Phi) is 16.6. The number of ether oxygens (including phenoxy) is 2. The van der Waals surface area contributed by atoms with Crippen molar-refractivity contribution in [2.24, 2.45) is 0 Å². The molecular formula is C44H38Br2IN3O4S3. The fourth-order valence-corrected chi connectivity index (χ4v) is 9.99. The Labute approximate surface area is 377 Å². The summed E-state index contributed by atoms with van der Waals surface area (Å²) in [6.07, 6.45) is 12.7. The zero-order chi connectivity index (χ0) is 40.0. The molecule has 292 valence electrons. The van der Waals surface area contributed by atoms with Crippen LogP contribution in [0.15, 0.2) is 185 Å². The quantitative estimate of drug-likeness (QED) is 0.0176. The van der Waals surface area contributed by atoms with E-state index in [0.29, 0.717) is 26.3 Å². The minimum absolute atomic E-state index is 0.0733. The number of allylic oxidation sites excluding steroid dienone is 5. The van der Waals surface area contributed by atoms with Gasteiger partial charge in [0.25, 0.3) is 5.69 Å². The van der Waals surface area contributed by atoms with Gasteiger partial charge in [0.15, 0.2) is 0 Å². The molecule has 7 nitrogen and oxygen atoms in total. The van der Waals surface area contributed by atoms with Crippen molar-refractivity contribution in [3.8, 4) is 11.5 Å². The molecule has 0 fully saturated rings. The van der Waals surface area contributed by atoms with Gasteiger partial charge in [0.1, 0.15) is 24.7 Å². The molecule has 1 N–H and O–H groups in total. The molecule has 0 saturated carbocycles. The Morgan fingerprint density at radius 3 is 2.32 bits per heavy atom. The van der Waals surface area contributed by atoms with Gasteiger partial charge in [-0.25, -0.2) is 0 Å². The van der Waals surface area contributed by atoms with Crippen LogP contribution in [0.5, 0.6) is 11.5 Å². The van der Waals surface area contributed by atoms with Crippen molar-refractivity contribution in [1.82, 2.24) is 0 Å². The number of non-ortho nitro benzene ring substituents is 1. The molecular weight excluding hydrogens is 1020 g/mol. The molecule has 1 heterocycles. The average Bonchev–Trinajstić information content (AvgIpc) is 3.55. The summed E-state index contributed by atoms with van der Waals surface area (Å²) < 4.78 is 14.2. The lowest BCUT2D eigenvalue weighted by atomic mass is 10.2. The normalized spacial score (nSPS) is 14.0. The molecule has 5 aromatic carbocycles. The monoisotopic (exact) mass is 1050 g/mol. The Morgan fingerprint density at radius 1 is 0.912 bits per heavy atom. The lowest BCUT2D eigenvalue weighted by Crippen LogP contribution is -2.24. The van der Waals surface area contributed by atoms with Crippen molar-refractivity contribution in [3.05, 3.63) is 186 Å². The lowest BCUT2D eigenvalue weighted by molar-refractivity contribution is -0.385. The minimum atomic E-state index is -0.354. The highest BCUT2D eigenvalue weighted by molar-refractivity contribution is 14.1. The highest BCUT2D eigenvalue weighted by Gasteiger charge is 2.27. The second kappa shape index (κ2) is 22.0. The first-order valence-corrected chi connectivity index (χ1v) is 23.2. The van der Waals surface area contributed by atoms with Gasteiger partial charge in [0, 0.05) is 52.9 Å². The zero-order valence-electron chi connectivity index (χ0n) is 30.7. The predicted octanol–water partition coefficient (Wildman–Crippen LogP) is 14.1. The maximum Gasteiger partial charge on any atom is 0.270 e. The number of aryl methyl sites for hydroxylation is 1. The van der Waals surface area contributed by atoms with E-state index in [0.717, 1.165) is 51.5 Å². The topological polar surface area (TPSA) is 76.9 Å². The summed E-state index contributed by atoms with van der Waals surface area (Å²) in [4.78, 5) is 17.6. The predicted molar refractivity (Wildman–Crippen MR) is 256 cm³/mol. The number of rotatable bonds is 18. The number of thioether (sulfide) groups is 3. The molecule has 0 aliphatic carbocycles. The number of nitrogens with zero attached hydrogens (tertiary/aromatic N) is 2. The van der Waals surface area contributed by atoms with Gasteiger partial charge in [-0.1, -0.05) is 120 Å². The first-order chi connectivity index (χ1) is 27.7. The van der Waals surface area contributed by atoms with Gasteiger partial charge in [-0.2, -0.15) is 0 Å². The van der Waals surface area contributed by atoms with Gasteiger partial charge < -0.3 is 19.7 Å². The van der Waals surface area contributed by atoms with Crippen LogP contribution < -0.4 is 19.7 Å². The summed E-state index contributed by atoms with van der Waals surface area (Å²) in [5.74, 6) is 1.62. The van der Waals surface area contributed by atoms with Crippen LogP contribution in [0.25, 0.3) is 0 Å². The number of nitrogens with one attached hydrogen (secondary N) is 1. The molecule has 0 spiro atoms. The van der Waals surface area contributed by atoms with E-state index in [1.807, 2.05) is 78.9 Å². The Balaban J connectivity index is 1.14. The molecule has 0 bridgehead atoms. The molecule has 1 aliphatic heterocycles. The molecule has 0 radical (unpaired) electrons. The molecule has 0 aromatic heterocycles. The van der Waals surface area contributed by atoms with E-state index in [4.69, 9.17) is 9.47 Å². The van der Waals surface area contributed by atoms with Crippen LogP contribution in [0.4, 0.5) is 17.1 Å². The number of hydrogen-bond donors (Lipinski definition) is 1. The van der Waals surface area contributed by atoms with Crippen molar-refractivity contribution < 1.29 is 14.4 Å². The van der Waals surface area contributed by atoms with Crippen molar-refractivity contribution in [1.29, 1.82) is 0 Å². The average molecular weight is 1060 g/mol. The van der Waals surface area contributed by atoms with E-state index in [-0.39, 0.29) is 13.9 Å². The maximum absolute atomic E-state index is 11.6. The molecule has 0 saturated heterocycles. The Morgan fingerprint density at radius 2 is 1.61 bits per heavy atom. The van der Waals surface area contributed by atoms with E-state index in [9.17, 15) is 10.1 Å². The maximum atomic E-state index is 11.6. The van der Waals surface area contributed by atoms with E-state index in [2.05, 4.69) is 132 Å². The fraction of sp³-hybridized carbons (Fsp3) is 0.136. The van der Waals surface area contributed by atoms with Crippen molar-refractivity contribution >= 4 is 107 Å². The number of anilines is 2. The van der Waals surface area contributed by atoms with Gasteiger partial charge in [0.05, 0.1) is 25.4 Å². The standard InChI is InChI=1S/C44H38Br2IN3O4S3/c1-31-13-23-39(48-25-27-53-35-19-14-32(45)15-20-35)41(29-31)56-43(47)11-5-9-38(55-37-7-3-2-4-8-37)10-6-12-44-49(26-28-54-36-21-16-33(46)17-22-36)40-24-18-34(50(51)52)30-42(40)57-44/h2-24,29-30,43,48H,25-28H2,1H3/b10-6+,11-5+,38-9-,44-12-. The largest absolute Gasteiger partial charge is 0.492 e. The number of fused-ring (bicyclic) bond motifs is 1. The van der Waals surface area contributed by atoms with Gasteiger partial charge in [0.2, 0.25) is 0 Å². The summed E-state index contributed by atoms with van der Waals surface area (Å²) in [5.41, 5.74) is 3.29. The smallest absolute Gasteiger partial charge is 0.270 e. The Hall–Kier alpha value is -3.60. The summed E-state index contributed by atoms with van der Waals surface area (Å²) in [7, 11) is 0. The van der Waals surface area contributed by atoms with Crippen LogP contribution in [-0.2, 0) is 0 Å². The van der Waals surface area contributed by atoms with E-state index >= 15 is 0 Å². The number of halogens is 3. The molecule has 0 amide bonds. The molecule has 1 aliphatic rings. The summed E-state index contributed by atoms with van der Waals surface area (Å²) in [6.45, 7) is 4.36. The number of benzene rings is 5. The molecule has 1 unspecified atom stereocenters. The third kappa shape index (κ3) is 13.5. The highest BCUT2D eigenvalue weighted by atomic mass is 127. The molecule has 1 atom stereocenters. The van der Waals surface area contributed by atoms with E-state index < -0.39 is 0 Å². The first-order valence-electron chi connectivity index (χ1n) is 17.9. The number of nitro benzene ring substituents is 1.